The highest BCUT2D eigenvalue weighted by molar-refractivity contribution is 7.89. The summed E-state index contributed by atoms with van der Waals surface area (Å²) in [4.78, 5) is 14.8. The third kappa shape index (κ3) is 3.97. The Morgan fingerprint density at radius 1 is 1.04 bits per heavy atom. The van der Waals surface area contributed by atoms with E-state index in [0.29, 0.717) is 12.1 Å². The van der Waals surface area contributed by atoms with Crippen molar-refractivity contribution < 1.29 is 13.2 Å². The minimum Gasteiger partial charge on any atom is -0.308 e. The van der Waals surface area contributed by atoms with Crippen molar-refractivity contribution in [2.45, 2.75) is 38.6 Å². The Bertz CT molecular complexity index is 874. The molecule has 5 nitrogen and oxygen atoms in total. The molecule has 0 bridgehead atoms. The van der Waals surface area contributed by atoms with Gasteiger partial charge in [0.25, 0.3) is 5.91 Å². The Kier molecular flexibility index (Phi) is 6.21. The number of anilines is 1. The van der Waals surface area contributed by atoms with Gasteiger partial charge in [0.05, 0.1) is 4.90 Å². The quantitative estimate of drug-likeness (QED) is 0.775. The molecule has 0 aromatic heterocycles. The zero-order chi connectivity index (χ0) is 19.5. The summed E-state index contributed by atoms with van der Waals surface area (Å²) in [5, 5.41) is 0. The predicted molar refractivity (Wildman–Crippen MR) is 105 cm³/mol. The van der Waals surface area contributed by atoms with Crippen LogP contribution in [0.15, 0.2) is 53.4 Å². The molecule has 0 aliphatic rings. The van der Waals surface area contributed by atoms with E-state index in [0.717, 1.165) is 11.3 Å². The third-order valence-electron chi connectivity index (χ3n) is 4.47. The van der Waals surface area contributed by atoms with Gasteiger partial charge in [-0.15, -0.1) is 0 Å². The van der Waals surface area contributed by atoms with Gasteiger partial charge in [0.15, 0.2) is 0 Å². The summed E-state index contributed by atoms with van der Waals surface area (Å²) < 4.78 is 26.4. The average Bonchev–Trinajstić information content (AvgIpc) is 2.63. The van der Waals surface area contributed by atoms with Gasteiger partial charge in [-0.25, -0.2) is 8.42 Å². The zero-order valence-corrected chi connectivity index (χ0v) is 16.7. The van der Waals surface area contributed by atoms with Gasteiger partial charge in [-0.1, -0.05) is 18.2 Å². The van der Waals surface area contributed by atoms with Crippen LogP contribution < -0.4 is 4.90 Å². The standard InChI is InChI=1S/C20H26N2O3S/c1-6-22(19-10-8-7-9-16(19)4)20(23)17-11-13-18(14-12-17)26(24,25)21(5)15(2)3/h7-15H,6H2,1-5H3. The van der Waals surface area contributed by atoms with Crippen LogP contribution in [-0.2, 0) is 10.0 Å². The second kappa shape index (κ2) is 8.01. The number of carbonyl (C=O) groups is 1. The normalized spacial score (nSPS) is 11.8. The van der Waals surface area contributed by atoms with Crippen molar-refractivity contribution in [3.8, 4) is 0 Å². The van der Waals surface area contributed by atoms with E-state index >= 15 is 0 Å². The Morgan fingerprint density at radius 3 is 2.12 bits per heavy atom. The van der Waals surface area contributed by atoms with Gasteiger partial charge in [-0.05, 0) is 63.6 Å². The maximum atomic E-state index is 12.9. The highest BCUT2D eigenvalue weighted by Crippen LogP contribution is 2.23. The number of amides is 1. The van der Waals surface area contributed by atoms with Gasteiger partial charge < -0.3 is 4.90 Å². The molecule has 2 aromatic carbocycles. The Hall–Kier alpha value is -2.18. The van der Waals surface area contributed by atoms with Gasteiger partial charge in [0, 0.05) is 30.9 Å². The summed E-state index contributed by atoms with van der Waals surface area (Å²) >= 11 is 0. The zero-order valence-electron chi connectivity index (χ0n) is 15.9. The Labute approximate surface area is 156 Å². The predicted octanol–water partition coefficient (Wildman–Crippen LogP) is 3.69. The summed E-state index contributed by atoms with van der Waals surface area (Å²) in [6.45, 7) is 8.04. The minimum atomic E-state index is -3.56. The lowest BCUT2D eigenvalue weighted by Crippen LogP contribution is -2.33. The summed E-state index contributed by atoms with van der Waals surface area (Å²) in [5.74, 6) is -0.150. The van der Waals surface area contributed by atoms with Crippen LogP contribution in [0.25, 0.3) is 0 Å². The van der Waals surface area contributed by atoms with Crippen molar-refractivity contribution in [2.24, 2.45) is 0 Å². The first kappa shape index (κ1) is 20.1. The van der Waals surface area contributed by atoms with Gasteiger partial charge in [-0.3, -0.25) is 4.79 Å². The van der Waals surface area contributed by atoms with Crippen LogP contribution in [0.2, 0.25) is 0 Å². The number of hydrogen-bond donors (Lipinski definition) is 0. The molecule has 0 atom stereocenters. The number of aryl methyl sites for hydroxylation is 1. The maximum Gasteiger partial charge on any atom is 0.258 e. The SMILES string of the molecule is CCN(C(=O)c1ccc(S(=O)(=O)N(C)C(C)C)cc1)c1ccccc1C. The number of nitrogens with zero attached hydrogens (tertiary/aromatic N) is 2. The van der Waals surface area contributed by atoms with E-state index in [2.05, 4.69) is 0 Å². The molecular weight excluding hydrogens is 348 g/mol. The van der Waals surface area contributed by atoms with Gasteiger partial charge in [0.2, 0.25) is 10.0 Å². The Morgan fingerprint density at radius 2 is 1.62 bits per heavy atom. The maximum absolute atomic E-state index is 12.9. The Balaban J connectivity index is 2.33. The highest BCUT2D eigenvalue weighted by Gasteiger charge is 2.24. The number of benzene rings is 2. The minimum absolute atomic E-state index is 0.141. The highest BCUT2D eigenvalue weighted by atomic mass is 32.2. The number of carbonyl (C=O) groups excluding carboxylic acids is 1. The fraction of sp³-hybridized carbons (Fsp3) is 0.350. The van der Waals surface area contributed by atoms with E-state index < -0.39 is 10.0 Å². The smallest absolute Gasteiger partial charge is 0.258 e. The van der Waals surface area contributed by atoms with Gasteiger partial charge in [0.1, 0.15) is 0 Å². The molecule has 1 amide bonds. The van der Waals surface area contributed by atoms with Crippen LogP contribution in [0.3, 0.4) is 0 Å². The molecule has 0 saturated heterocycles. The van der Waals surface area contributed by atoms with Crippen molar-refractivity contribution in [3.05, 3.63) is 59.7 Å². The van der Waals surface area contributed by atoms with Crippen molar-refractivity contribution >= 4 is 21.6 Å². The van der Waals surface area contributed by atoms with Crippen LogP contribution in [-0.4, -0.2) is 38.3 Å². The fourth-order valence-corrected chi connectivity index (χ4v) is 4.03. The van der Waals surface area contributed by atoms with Crippen LogP contribution in [0.5, 0.6) is 0 Å². The molecule has 0 fully saturated rings. The molecule has 0 saturated carbocycles. The molecule has 0 aliphatic heterocycles. The summed E-state index contributed by atoms with van der Waals surface area (Å²) in [6, 6.07) is 13.7. The first-order chi connectivity index (χ1) is 12.2. The molecule has 0 radical (unpaired) electrons. The first-order valence-electron chi connectivity index (χ1n) is 8.65. The molecule has 140 valence electrons. The monoisotopic (exact) mass is 374 g/mol. The van der Waals surface area contributed by atoms with Gasteiger partial charge >= 0.3 is 0 Å². The summed E-state index contributed by atoms with van der Waals surface area (Å²) in [5.41, 5.74) is 2.33. The van der Waals surface area contributed by atoms with Crippen molar-refractivity contribution in [2.75, 3.05) is 18.5 Å². The molecule has 0 heterocycles. The van der Waals surface area contributed by atoms with E-state index in [1.165, 1.54) is 16.4 Å². The molecular formula is C20H26N2O3S. The molecule has 2 aromatic rings. The van der Waals surface area contributed by atoms with Crippen molar-refractivity contribution in [3.63, 3.8) is 0 Å². The van der Waals surface area contributed by atoms with E-state index in [1.807, 2.05) is 52.0 Å². The second-order valence-corrected chi connectivity index (χ2v) is 8.47. The average molecular weight is 375 g/mol. The number of sulfonamides is 1. The number of hydrogen-bond acceptors (Lipinski definition) is 3. The number of para-hydroxylation sites is 1. The van der Waals surface area contributed by atoms with Crippen LogP contribution in [0, 0.1) is 6.92 Å². The molecule has 0 spiro atoms. The van der Waals surface area contributed by atoms with Crippen LogP contribution in [0.4, 0.5) is 5.69 Å². The summed E-state index contributed by atoms with van der Waals surface area (Å²) in [7, 11) is -2.01. The van der Waals surface area contributed by atoms with E-state index in [4.69, 9.17) is 0 Å². The van der Waals surface area contributed by atoms with Crippen LogP contribution >= 0.6 is 0 Å². The first-order valence-corrected chi connectivity index (χ1v) is 10.1. The van der Waals surface area contributed by atoms with Crippen molar-refractivity contribution in [1.29, 1.82) is 0 Å². The largest absolute Gasteiger partial charge is 0.308 e. The fourth-order valence-electron chi connectivity index (χ4n) is 2.66. The van der Waals surface area contributed by atoms with Gasteiger partial charge in [-0.2, -0.15) is 4.31 Å². The summed E-state index contributed by atoms with van der Waals surface area (Å²) in [6.07, 6.45) is 0. The lowest BCUT2D eigenvalue weighted by molar-refractivity contribution is 0.0988. The molecule has 0 unspecified atom stereocenters. The van der Waals surface area contributed by atoms with E-state index in [9.17, 15) is 13.2 Å². The third-order valence-corrected chi connectivity index (χ3v) is 6.52. The van der Waals surface area contributed by atoms with Crippen LogP contribution in [0.1, 0.15) is 36.7 Å². The number of rotatable bonds is 6. The molecule has 0 N–H and O–H groups in total. The van der Waals surface area contributed by atoms with Crippen molar-refractivity contribution in [1.82, 2.24) is 4.31 Å². The lowest BCUT2D eigenvalue weighted by atomic mass is 10.1. The van der Waals surface area contributed by atoms with E-state index in [-0.39, 0.29) is 16.8 Å². The molecule has 0 aliphatic carbocycles. The molecule has 2 rings (SSSR count). The topological polar surface area (TPSA) is 57.7 Å². The second-order valence-electron chi connectivity index (χ2n) is 6.48. The molecule has 26 heavy (non-hydrogen) atoms. The van der Waals surface area contributed by atoms with E-state index in [1.54, 1.807) is 24.1 Å². The lowest BCUT2D eigenvalue weighted by Gasteiger charge is -2.23. The molecule has 6 heteroatoms.